The lowest BCUT2D eigenvalue weighted by Gasteiger charge is -2.10. The van der Waals surface area contributed by atoms with E-state index in [1.807, 2.05) is 32.0 Å². The van der Waals surface area contributed by atoms with Crippen LogP contribution in [0.3, 0.4) is 0 Å². The number of aryl methyl sites for hydroxylation is 2. The largest absolute Gasteiger partial charge is 0.487 e. The molecule has 24 heavy (non-hydrogen) atoms. The molecule has 0 aromatic heterocycles. The molecule has 0 saturated heterocycles. The predicted octanol–water partition coefficient (Wildman–Crippen LogP) is 4.01. The van der Waals surface area contributed by atoms with E-state index >= 15 is 0 Å². The van der Waals surface area contributed by atoms with E-state index in [-0.39, 0.29) is 30.4 Å². The highest BCUT2D eigenvalue weighted by atomic mass is 16.6. The molecule has 0 aliphatic carbocycles. The van der Waals surface area contributed by atoms with Gasteiger partial charge in [-0.15, -0.1) is 0 Å². The van der Waals surface area contributed by atoms with Crippen molar-refractivity contribution in [3.8, 4) is 5.75 Å². The van der Waals surface area contributed by atoms with Gasteiger partial charge < -0.3 is 10.1 Å². The first-order valence-corrected chi connectivity index (χ1v) is 7.70. The fourth-order valence-corrected chi connectivity index (χ4v) is 2.23. The first kappa shape index (κ1) is 17.5. The van der Waals surface area contributed by atoms with Crippen LogP contribution in [0.4, 0.5) is 11.4 Å². The van der Waals surface area contributed by atoms with Crippen molar-refractivity contribution in [2.75, 3.05) is 11.9 Å². The number of nitro groups is 1. The van der Waals surface area contributed by atoms with Crippen molar-refractivity contribution < 1.29 is 14.5 Å². The van der Waals surface area contributed by atoms with Gasteiger partial charge in [-0.1, -0.05) is 24.3 Å². The van der Waals surface area contributed by atoms with Crippen LogP contribution in [0.25, 0.3) is 0 Å². The highest BCUT2D eigenvalue weighted by Gasteiger charge is 2.13. The van der Waals surface area contributed by atoms with Gasteiger partial charge in [0.2, 0.25) is 5.91 Å². The molecule has 0 spiro atoms. The van der Waals surface area contributed by atoms with E-state index in [9.17, 15) is 14.9 Å². The first-order chi connectivity index (χ1) is 11.5. The topological polar surface area (TPSA) is 81.5 Å². The number of hydrogen-bond donors (Lipinski definition) is 1. The van der Waals surface area contributed by atoms with Gasteiger partial charge in [0.1, 0.15) is 0 Å². The Morgan fingerprint density at radius 1 is 1.21 bits per heavy atom. The van der Waals surface area contributed by atoms with Gasteiger partial charge in [0.25, 0.3) is 0 Å². The van der Waals surface area contributed by atoms with Crippen molar-refractivity contribution in [1.82, 2.24) is 0 Å². The number of nitrogens with one attached hydrogen (secondary N) is 1. The number of nitro benzene ring substituents is 1. The van der Waals surface area contributed by atoms with Crippen LogP contribution < -0.4 is 10.1 Å². The van der Waals surface area contributed by atoms with Gasteiger partial charge in [-0.05, 0) is 43.5 Å². The van der Waals surface area contributed by atoms with Gasteiger partial charge in [-0.25, -0.2) is 0 Å². The smallest absolute Gasteiger partial charge is 0.310 e. The number of hydrogen-bond acceptors (Lipinski definition) is 4. The standard InChI is InChI=1S/C18H20N2O4/c1-13-9-10-14(2)15(12-13)19-18(21)8-5-11-24-17-7-4-3-6-16(17)20(22)23/h3-4,6-7,9-10,12H,5,8,11H2,1-2H3,(H,19,21). The van der Waals surface area contributed by atoms with E-state index in [4.69, 9.17) is 4.74 Å². The summed E-state index contributed by atoms with van der Waals surface area (Å²) < 4.78 is 5.42. The Kier molecular flexibility index (Phi) is 5.89. The van der Waals surface area contributed by atoms with Crippen LogP contribution in [0.2, 0.25) is 0 Å². The highest BCUT2D eigenvalue weighted by Crippen LogP contribution is 2.25. The fourth-order valence-electron chi connectivity index (χ4n) is 2.23. The fraction of sp³-hybridized carbons (Fsp3) is 0.278. The summed E-state index contributed by atoms with van der Waals surface area (Å²) in [6, 6.07) is 12.1. The SMILES string of the molecule is Cc1ccc(C)c(NC(=O)CCCOc2ccccc2[N+](=O)[O-])c1. The molecule has 0 heterocycles. The first-order valence-electron chi connectivity index (χ1n) is 7.70. The van der Waals surface area contributed by atoms with Crippen LogP contribution in [0.15, 0.2) is 42.5 Å². The Morgan fingerprint density at radius 3 is 2.71 bits per heavy atom. The number of rotatable bonds is 7. The second-order valence-corrected chi connectivity index (χ2v) is 5.54. The molecule has 1 amide bonds. The molecule has 1 N–H and O–H groups in total. The molecule has 2 rings (SSSR count). The molecular formula is C18H20N2O4. The number of anilines is 1. The number of carbonyl (C=O) groups is 1. The van der Waals surface area contributed by atoms with Crippen LogP contribution in [-0.4, -0.2) is 17.4 Å². The number of carbonyl (C=O) groups excluding carboxylic acids is 1. The molecule has 2 aromatic carbocycles. The third-order valence-corrected chi connectivity index (χ3v) is 3.53. The molecule has 0 fully saturated rings. The van der Waals surface area contributed by atoms with Crippen molar-refractivity contribution in [3.63, 3.8) is 0 Å². The summed E-state index contributed by atoms with van der Waals surface area (Å²) in [5.74, 6) is 0.118. The third kappa shape index (κ3) is 4.81. The summed E-state index contributed by atoms with van der Waals surface area (Å²) in [6.45, 7) is 4.15. The zero-order valence-corrected chi connectivity index (χ0v) is 13.7. The van der Waals surface area contributed by atoms with Crippen molar-refractivity contribution >= 4 is 17.3 Å². The predicted molar refractivity (Wildman–Crippen MR) is 92.4 cm³/mol. The van der Waals surface area contributed by atoms with Gasteiger partial charge in [0.15, 0.2) is 5.75 Å². The Morgan fingerprint density at radius 2 is 1.96 bits per heavy atom. The monoisotopic (exact) mass is 328 g/mol. The highest BCUT2D eigenvalue weighted by molar-refractivity contribution is 5.91. The number of ether oxygens (including phenoxy) is 1. The van der Waals surface area contributed by atoms with E-state index < -0.39 is 4.92 Å². The zero-order valence-electron chi connectivity index (χ0n) is 13.7. The summed E-state index contributed by atoms with van der Waals surface area (Å²) in [5, 5.41) is 13.8. The summed E-state index contributed by atoms with van der Waals surface area (Å²) in [4.78, 5) is 22.4. The summed E-state index contributed by atoms with van der Waals surface area (Å²) >= 11 is 0. The normalized spacial score (nSPS) is 10.2. The third-order valence-electron chi connectivity index (χ3n) is 3.53. The van der Waals surface area contributed by atoms with Crippen LogP contribution >= 0.6 is 0 Å². The lowest BCUT2D eigenvalue weighted by molar-refractivity contribution is -0.385. The average molecular weight is 328 g/mol. The maximum absolute atomic E-state index is 12.0. The Labute approximate surface area is 140 Å². The van der Waals surface area contributed by atoms with Crippen molar-refractivity contribution in [2.45, 2.75) is 26.7 Å². The number of amides is 1. The molecular weight excluding hydrogens is 308 g/mol. The summed E-state index contributed by atoms with van der Waals surface area (Å²) in [5.41, 5.74) is 2.82. The second-order valence-electron chi connectivity index (χ2n) is 5.54. The number of para-hydroxylation sites is 2. The molecule has 0 radical (unpaired) electrons. The summed E-state index contributed by atoms with van der Waals surface area (Å²) in [6.07, 6.45) is 0.761. The molecule has 6 nitrogen and oxygen atoms in total. The van der Waals surface area contributed by atoms with E-state index in [0.29, 0.717) is 6.42 Å². The molecule has 0 bridgehead atoms. The maximum Gasteiger partial charge on any atom is 0.310 e. The minimum Gasteiger partial charge on any atom is -0.487 e. The average Bonchev–Trinajstić information content (AvgIpc) is 2.55. The minimum atomic E-state index is -0.484. The Hall–Kier alpha value is -2.89. The van der Waals surface area contributed by atoms with Gasteiger partial charge in [-0.3, -0.25) is 14.9 Å². The molecule has 0 unspecified atom stereocenters. The molecule has 0 aliphatic heterocycles. The van der Waals surface area contributed by atoms with Gasteiger partial charge in [0, 0.05) is 18.2 Å². The molecule has 6 heteroatoms. The number of nitrogens with zero attached hydrogens (tertiary/aromatic N) is 1. The van der Waals surface area contributed by atoms with E-state index in [1.165, 1.54) is 6.07 Å². The van der Waals surface area contributed by atoms with Crippen LogP contribution in [-0.2, 0) is 4.79 Å². The quantitative estimate of drug-likeness (QED) is 0.473. The molecule has 0 saturated carbocycles. The second kappa shape index (κ2) is 8.10. The van der Waals surface area contributed by atoms with Crippen LogP contribution in [0.1, 0.15) is 24.0 Å². The van der Waals surface area contributed by atoms with E-state index in [1.54, 1.807) is 18.2 Å². The molecule has 126 valence electrons. The minimum absolute atomic E-state index is 0.0719. The van der Waals surface area contributed by atoms with Crippen molar-refractivity contribution in [3.05, 3.63) is 63.7 Å². The van der Waals surface area contributed by atoms with Crippen molar-refractivity contribution in [2.24, 2.45) is 0 Å². The van der Waals surface area contributed by atoms with Crippen LogP contribution in [0, 0.1) is 24.0 Å². The molecule has 0 atom stereocenters. The van der Waals surface area contributed by atoms with E-state index in [2.05, 4.69) is 5.32 Å². The molecule has 0 aliphatic rings. The Bertz CT molecular complexity index is 744. The Balaban J connectivity index is 1.81. The lowest BCUT2D eigenvalue weighted by atomic mass is 10.1. The molecule has 2 aromatic rings. The van der Waals surface area contributed by atoms with Crippen molar-refractivity contribution in [1.29, 1.82) is 0 Å². The maximum atomic E-state index is 12.0. The van der Waals surface area contributed by atoms with Crippen LogP contribution in [0.5, 0.6) is 5.75 Å². The lowest BCUT2D eigenvalue weighted by Crippen LogP contribution is -2.13. The number of benzene rings is 2. The zero-order chi connectivity index (χ0) is 17.5. The van der Waals surface area contributed by atoms with E-state index in [0.717, 1.165) is 16.8 Å². The van der Waals surface area contributed by atoms with Gasteiger partial charge >= 0.3 is 5.69 Å². The van der Waals surface area contributed by atoms with Gasteiger partial charge in [0.05, 0.1) is 11.5 Å². The summed E-state index contributed by atoms with van der Waals surface area (Å²) in [7, 11) is 0. The van der Waals surface area contributed by atoms with Gasteiger partial charge in [-0.2, -0.15) is 0 Å².